The van der Waals surface area contributed by atoms with Gasteiger partial charge >= 0.3 is 0 Å². The fraction of sp³-hybridized carbons (Fsp3) is 0.0455. The average Bonchev–Trinajstić information content (AvgIpc) is 2.95. The molecule has 3 aromatic carbocycles. The monoisotopic (exact) mass is 343 g/mol. The first-order chi connectivity index (χ1) is 12.3. The van der Waals surface area contributed by atoms with Gasteiger partial charge in [-0.1, -0.05) is 66.8 Å². The van der Waals surface area contributed by atoms with Crippen LogP contribution in [0.4, 0.5) is 5.69 Å². The Labute approximate surface area is 152 Å². The molecule has 0 atom stereocenters. The van der Waals surface area contributed by atoms with Gasteiger partial charge in [-0.2, -0.15) is 0 Å². The van der Waals surface area contributed by atoms with Gasteiger partial charge in [0.1, 0.15) is 5.75 Å². The Kier molecular flexibility index (Phi) is 4.08. The first kappa shape index (κ1) is 15.6. The normalized spacial score (nSPS) is 12.9. The van der Waals surface area contributed by atoms with E-state index in [2.05, 4.69) is 41.7 Å². The number of ether oxygens (including phenoxy) is 1. The van der Waals surface area contributed by atoms with Gasteiger partial charge in [-0.25, -0.2) is 0 Å². The molecule has 0 fully saturated rings. The van der Waals surface area contributed by atoms with E-state index in [1.165, 1.54) is 0 Å². The Hall–Kier alpha value is -2.91. The van der Waals surface area contributed by atoms with Crippen molar-refractivity contribution in [2.45, 2.75) is 0 Å². The minimum absolute atomic E-state index is 0.836. The van der Waals surface area contributed by atoms with Crippen LogP contribution in [-0.4, -0.2) is 12.0 Å². The highest BCUT2D eigenvalue weighted by molar-refractivity contribution is 7.82. The SMILES string of the molecule is COc1ccc(C2=C(Nc3ccccc3)c3ccccc3C2=S)cc1. The van der Waals surface area contributed by atoms with Crippen LogP contribution in [0.1, 0.15) is 16.7 Å². The van der Waals surface area contributed by atoms with Crippen molar-refractivity contribution in [3.8, 4) is 5.75 Å². The van der Waals surface area contributed by atoms with Crippen LogP contribution in [0.3, 0.4) is 0 Å². The second-order valence-corrected chi connectivity index (χ2v) is 6.25. The Morgan fingerprint density at radius 3 is 2.08 bits per heavy atom. The molecule has 0 amide bonds. The van der Waals surface area contributed by atoms with Crippen molar-refractivity contribution in [2.24, 2.45) is 0 Å². The average molecular weight is 343 g/mol. The van der Waals surface area contributed by atoms with E-state index in [1.54, 1.807) is 7.11 Å². The van der Waals surface area contributed by atoms with Crippen LogP contribution >= 0.6 is 12.2 Å². The van der Waals surface area contributed by atoms with E-state index in [1.807, 2.05) is 42.5 Å². The predicted molar refractivity (Wildman–Crippen MR) is 108 cm³/mol. The molecule has 0 saturated carbocycles. The molecular weight excluding hydrogens is 326 g/mol. The summed E-state index contributed by atoms with van der Waals surface area (Å²) in [6.45, 7) is 0. The molecule has 0 heterocycles. The lowest BCUT2D eigenvalue weighted by atomic mass is 10.0. The zero-order valence-electron chi connectivity index (χ0n) is 13.8. The van der Waals surface area contributed by atoms with E-state index < -0.39 is 0 Å². The van der Waals surface area contributed by atoms with Gasteiger partial charge in [-0.15, -0.1) is 0 Å². The lowest BCUT2D eigenvalue weighted by molar-refractivity contribution is 0.415. The molecule has 1 aliphatic carbocycles. The van der Waals surface area contributed by atoms with Crippen LogP contribution in [0, 0.1) is 0 Å². The number of hydrogen-bond donors (Lipinski definition) is 1. The first-order valence-corrected chi connectivity index (χ1v) is 8.53. The van der Waals surface area contributed by atoms with E-state index in [-0.39, 0.29) is 0 Å². The molecule has 0 aromatic heterocycles. The van der Waals surface area contributed by atoms with Gasteiger partial charge in [0.15, 0.2) is 0 Å². The highest BCUT2D eigenvalue weighted by atomic mass is 32.1. The molecule has 25 heavy (non-hydrogen) atoms. The van der Waals surface area contributed by atoms with Crippen molar-refractivity contribution < 1.29 is 4.74 Å². The minimum Gasteiger partial charge on any atom is -0.497 e. The number of allylic oxidation sites excluding steroid dienone is 1. The van der Waals surface area contributed by atoms with Gasteiger partial charge in [0.25, 0.3) is 0 Å². The third-order valence-corrected chi connectivity index (χ3v) is 4.76. The van der Waals surface area contributed by atoms with Gasteiger partial charge in [-0.3, -0.25) is 0 Å². The van der Waals surface area contributed by atoms with Crippen molar-refractivity contribution in [1.82, 2.24) is 0 Å². The molecule has 3 heteroatoms. The summed E-state index contributed by atoms with van der Waals surface area (Å²) < 4.78 is 5.28. The Morgan fingerprint density at radius 1 is 0.760 bits per heavy atom. The quantitative estimate of drug-likeness (QED) is 0.640. The maximum absolute atomic E-state index is 5.80. The molecule has 4 rings (SSSR count). The van der Waals surface area contributed by atoms with E-state index in [4.69, 9.17) is 17.0 Å². The van der Waals surface area contributed by atoms with Crippen LogP contribution in [0.15, 0.2) is 78.9 Å². The van der Waals surface area contributed by atoms with Crippen LogP contribution in [0.5, 0.6) is 5.75 Å². The van der Waals surface area contributed by atoms with Gasteiger partial charge in [-0.05, 0) is 29.8 Å². The van der Waals surface area contributed by atoms with Crippen molar-refractivity contribution in [2.75, 3.05) is 12.4 Å². The molecule has 0 unspecified atom stereocenters. The molecule has 0 aliphatic heterocycles. The van der Waals surface area contributed by atoms with Crippen molar-refractivity contribution in [1.29, 1.82) is 0 Å². The zero-order chi connectivity index (χ0) is 17.2. The molecule has 0 saturated heterocycles. The van der Waals surface area contributed by atoms with Gasteiger partial charge in [0.05, 0.1) is 17.7 Å². The smallest absolute Gasteiger partial charge is 0.118 e. The largest absolute Gasteiger partial charge is 0.497 e. The summed E-state index contributed by atoms with van der Waals surface area (Å²) in [7, 11) is 1.67. The second kappa shape index (κ2) is 6.54. The standard InChI is InChI=1S/C22H17NOS/c1-24-17-13-11-15(12-14-17)20-21(23-16-7-3-2-4-8-16)18-9-5-6-10-19(18)22(20)25/h2-14,23H,1H3. The van der Waals surface area contributed by atoms with Crippen LogP contribution in [0.2, 0.25) is 0 Å². The summed E-state index contributed by atoms with van der Waals surface area (Å²) >= 11 is 5.80. The second-order valence-electron chi connectivity index (χ2n) is 5.84. The van der Waals surface area contributed by atoms with E-state index >= 15 is 0 Å². The third kappa shape index (κ3) is 2.83. The zero-order valence-corrected chi connectivity index (χ0v) is 14.6. The maximum atomic E-state index is 5.80. The number of methoxy groups -OCH3 is 1. The van der Waals surface area contributed by atoms with Gasteiger partial charge in [0, 0.05) is 22.4 Å². The van der Waals surface area contributed by atoms with Crippen molar-refractivity contribution in [3.05, 3.63) is 95.6 Å². The maximum Gasteiger partial charge on any atom is 0.118 e. The lowest BCUT2D eigenvalue weighted by Crippen LogP contribution is -2.00. The topological polar surface area (TPSA) is 21.3 Å². The number of thiocarbonyl (C=S) groups is 1. The molecule has 0 radical (unpaired) electrons. The summed E-state index contributed by atoms with van der Waals surface area (Å²) in [4.78, 5) is 0.874. The van der Waals surface area contributed by atoms with E-state index in [9.17, 15) is 0 Å². The van der Waals surface area contributed by atoms with Crippen molar-refractivity contribution in [3.63, 3.8) is 0 Å². The number of benzene rings is 3. The fourth-order valence-electron chi connectivity index (χ4n) is 3.11. The Bertz CT molecular complexity index is 959. The molecule has 3 aromatic rings. The number of anilines is 1. The first-order valence-electron chi connectivity index (χ1n) is 8.13. The summed E-state index contributed by atoms with van der Waals surface area (Å²) in [5, 5.41) is 3.57. The molecule has 1 aliphatic rings. The molecule has 122 valence electrons. The lowest BCUT2D eigenvalue weighted by Gasteiger charge is -2.12. The highest BCUT2D eigenvalue weighted by Crippen LogP contribution is 2.39. The van der Waals surface area contributed by atoms with Gasteiger partial charge < -0.3 is 10.1 Å². The van der Waals surface area contributed by atoms with Gasteiger partial charge in [0.2, 0.25) is 0 Å². The summed E-state index contributed by atoms with van der Waals surface area (Å²) in [5.74, 6) is 0.836. The van der Waals surface area contributed by atoms with Crippen LogP contribution in [-0.2, 0) is 0 Å². The Balaban J connectivity index is 1.86. The Morgan fingerprint density at radius 2 is 1.40 bits per heavy atom. The number of hydrogen-bond acceptors (Lipinski definition) is 3. The van der Waals surface area contributed by atoms with E-state index in [0.717, 1.165) is 44.3 Å². The highest BCUT2D eigenvalue weighted by Gasteiger charge is 2.27. The molecule has 0 bridgehead atoms. The van der Waals surface area contributed by atoms with Crippen LogP contribution in [0.25, 0.3) is 11.3 Å². The van der Waals surface area contributed by atoms with Crippen molar-refractivity contribution >= 4 is 34.0 Å². The summed E-state index contributed by atoms with van der Waals surface area (Å²) in [6, 6.07) is 26.5. The number of para-hydroxylation sites is 1. The number of rotatable bonds is 4. The number of nitrogens with one attached hydrogen (secondary N) is 1. The van der Waals surface area contributed by atoms with E-state index in [0.29, 0.717) is 0 Å². The fourth-order valence-corrected chi connectivity index (χ4v) is 3.51. The molecule has 0 spiro atoms. The summed E-state index contributed by atoms with van der Waals surface area (Å²) in [6.07, 6.45) is 0. The molecule has 2 nitrogen and oxygen atoms in total. The third-order valence-electron chi connectivity index (χ3n) is 4.34. The summed E-state index contributed by atoms with van der Waals surface area (Å²) in [5.41, 5.74) is 6.48. The molecule has 1 N–H and O–H groups in total. The van der Waals surface area contributed by atoms with Crippen LogP contribution < -0.4 is 10.1 Å². The molecular formula is C22H17NOS. The minimum atomic E-state index is 0.836. The predicted octanol–water partition coefficient (Wildman–Crippen LogP) is 5.41. The number of fused-ring (bicyclic) bond motifs is 1.